The molecule has 1 saturated heterocycles. The van der Waals surface area contributed by atoms with Crippen molar-refractivity contribution in [2.24, 2.45) is 5.92 Å². The molecule has 1 N–H and O–H groups in total. The lowest BCUT2D eigenvalue weighted by molar-refractivity contribution is -0.126. The molecule has 6 nitrogen and oxygen atoms in total. The maximum Gasteiger partial charge on any atom is 0.337 e. The van der Waals surface area contributed by atoms with E-state index < -0.39 is 5.97 Å². The van der Waals surface area contributed by atoms with Crippen molar-refractivity contribution < 1.29 is 19.1 Å². The molecule has 2 aliphatic rings. The van der Waals surface area contributed by atoms with E-state index in [2.05, 4.69) is 10.1 Å². The van der Waals surface area contributed by atoms with Crippen LogP contribution in [-0.4, -0.2) is 37.5 Å². The number of anilines is 1. The lowest BCUT2D eigenvalue weighted by Crippen LogP contribution is -2.34. The molecule has 1 aliphatic carbocycles. The average Bonchev–Trinajstić information content (AvgIpc) is 3.27. The highest BCUT2D eigenvalue weighted by Crippen LogP contribution is 2.33. The van der Waals surface area contributed by atoms with Gasteiger partial charge >= 0.3 is 5.97 Å². The molecule has 1 unspecified atom stereocenters. The van der Waals surface area contributed by atoms with Gasteiger partial charge in [0.15, 0.2) is 0 Å². The monoisotopic (exact) mass is 336 g/mol. The number of carbonyl (C=O) groups excluding carboxylic acids is 3. The number of hydrogen-bond acceptors (Lipinski definition) is 4. The number of nitrogens with zero attached hydrogens (tertiary/aromatic N) is 1. The van der Waals surface area contributed by atoms with Crippen LogP contribution in [0.3, 0.4) is 0 Å². The molecule has 2 amide bonds. The second-order valence-corrected chi connectivity index (χ2v) is 6.25. The Morgan fingerprint density at radius 3 is 2.74 bits per heavy atom. The van der Waals surface area contributed by atoms with Gasteiger partial charge in [0.1, 0.15) is 0 Å². The van der Waals surface area contributed by atoms with Crippen molar-refractivity contribution in [3.8, 4) is 0 Å². The summed E-state index contributed by atoms with van der Waals surface area (Å²) in [4.78, 5) is 37.5. The van der Waals surface area contributed by atoms with Crippen molar-refractivity contribution in [3.63, 3.8) is 0 Å². The predicted molar refractivity (Wildman–Crippen MR) is 84.4 cm³/mol. The van der Waals surface area contributed by atoms with Gasteiger partial charge in [-0.1, -0.05) is 11.6 Å². The Balaban J connectivity index is 1.79. The normalized spacial score (nSPS) is 20.5. The van der Waals surface area contributed by atoms with Crippen molar-refractivity contribution in [2.75, 3.05) is 18.6 Å². The van der Waals surface area contributed by atoms with Crippen LogP contribution in [0.25, 0.3) is 0 Å². The summed E-state index contributed by atoms with van der Waals surface area (Å²) in [5.74, 6) is -1.16. The number of methoxy groups -OCH3 is 1. The van der Waals surface area contributed by atoms with E-state index >= 15 is 0 Å². The highest BCUT2D eigenvalue weighted by atomic mass is 35.5. The predicted octanol–water partition coefficient (Wildman–Crippen LogP) is 1.76. The molecule has 122 valence electrons. The topological polar surface area (TPSA) is 75.7 Å². The lowest BCUT2D eigenvalue weighted by atomic mass is 10.1. The van der Waals surface area contributed by atoms with Crippen LogP contribution in [0.15, 0.2) is 18.2 Å². The Bertz CT molecular complexity index is 672. The van der Waals surface area contributed by atoms with Gasteiger partial charge in [-0.3, -0.25) is 9.59 Å². The highest BCUT2D eigenvalue weighted by molar-refractivity contribution is 6.34. The fraction of sp³-hybridized carbons (Fsp3) is 0.438. The van der Waals surface area contributed by atoms with Gasteiger partial charge in [-0.2, -0.15) is 0 Å². The van der Waals surface area contributed by atoms with E-state index in [4.69, 9.17) is 11.6 Å². The van der Waals surface area contributed by atoms with Crippen LogP contribution in [0.5, 0.6) is 0 Å². The van der Waals surface area contributed by atoms with Crippen molar-refractivity contribution in [2.45, 2.75) is 25.3 Å². The molecule has 1 aromatic carbocycles. The van der Waals surface area contributed by atoms with Crippen LogP contribution in [0.1, 0.15) is 29.6 Å². The molecule has 2 fully saturated rings. The fourth-order valence-corrected chi connectivity index (χ4v) is 2.85. The number of halogens is 1. The summed E-state index contributed by atoms with van der Waals surface area (Å²) in [6.07, 6.45) is 2.16. The lowest BCUT2D eigenvalue weighted by Gasteiger charge is -2.19. The molecule has 0 spiro atoms. The third-order valence-electron chi connectivity index (χ3n) is 4.08. The van der Waals surface area contributed by atoms with Gasteiger partial charge < -0.3 is 15.0 Å². The third kappa shape index (κ3) is 3.32. The van der Waals surface area contributed by atoms with Crippen molar-refractivity contribution in [1.82, 2.24) is 5.32 Å². The Morgan fingerprint density at radius 1 is 1.35 bits per heavy atom. The molecule has 1 aliphatic heterocycles. The Hall–Kier alpha value is -2.08. The zero-order chi connectivity index (χ0) is 16.6. The van der Waals surface area contributed by atoms with E-state index in [9.17, 15) is 14.4 Å². The van der Waals surface area contributed by atoms with Gasteiger partial charge in [0.05, 0.1) is 29.3 Å². The van der Waals surface area contributed by atoms with Crippen LogP contribution < -0.4 is 10.2 Å². The van der Waals surface area contributed by atoms with E-state index in [1.165, 1.54) is 24.1 Å². The second-order valence-electron chi connectivity index (χ2n) is 5.85. The molecule has 1 atom stereocenters. The van der Waals surface area contributed by atoms with Crippen LogP contribution in [-0.2, 0) is 14.3 Å². The zero-order valence-electron chi connectivity index (χ0n) is 12.7. The minimum Gasteiger partial charge on any atom is -0.465 e. The largest absolute Gasteiger partial charge is 0.465 e. The first-order chi connectivity index (χ1) is 11.0. The summed E-state index contributed by atoms with van der Waals surface area (Å²) >= 11 is 6.16. The molecule has 1 heterocycles. The smallest absolute Gasteiger partial charge is 0.337 e. The molecule has 0 bridgehead atoms. The Kier molecular flexibility index (Phi) is 4.26. The first-order valence-corrected chi connectivity index (χ1v) is 7.86. The van der Waals surface area contributed by atoms with E-state index in [0.29, 0.717) is 16.3 Å². The van der Waals surface area contributed by atoms with Gasteiger partial charge in [0.2, 0.25) is 11.8 Å². The van der Waals surface area contributed by atoms with E-state index in [1.54, 1.807) is 6.07 Å². The fourth-order valence-electron chi connectivity index (χ4n) is 2.63. The second kappa shape index (κ2) is 6.20. The van der Waals surface area contributed by atoms with Crippen LogP contribution >= 0.6 is 11.6 Å². The molecular formula is C16H17ClN2O4. The molecule has 0 radical (unpaired) electrons. The summed E-state index contributed by atoms with van der Waals surface area (Å²) < 4.78 is 4.68. The number of amides is 2. The number of rotatable bonds is 4. The van der Waals surface area contributed by atoms with Gasteiger partial charge in [0, 0.05) is 19.0 Å². The third-order valence-corrected chi connectivity index (χ3v) is 4.40. The number of nitrogens with one attached hydrogen (secondary N) is 1. The minimum atomic E-state index is -0.502. The molecule has 1 aromatic rings. The van der Waals surface area contributed by atoms with Crippen LogP contribution in [0.4, 0.5) is 5.69 Å². The standard InChI is InChI=1S/C16H17ClN2O4/c1-23-16(22)9-2-5-12(17)13(6-9)19-8-10(7-14(19)20)15(21)18-11-3-4-11/h2,5-6,10-11H,3-4,7-8H2,1H3,(H,18,21). The van der Waals surface area contributed by atoms with Crippen molar-refractivity contribution in [1.29, 1.82) is 0 Å². The molecule has 0 aromatic heterocycles. The Labute approximate surface area is 138 Å². The quantitative estimate of drug-likeness (QED) is 0.850. The SMILES string of the molecule is COC(=O)c1ccc(Cl)c(N2CC(C(=O)NC3CC3)CC2=O)c1. The first kappa shape index (κ1) is 15.8. The molecule has 1 saturated carbocycles. The van der Waals surface area contributed by atoms with Crippen molar-refractivity contribution >= 4 is 35.1 Å². The summed E-state index contributed by atoms with van der Waals surface area (Å²) in [7, 11) is 1.29. The molecule has 3 rings (SSSR count). The zero-order valence-corrected chi connectivity index (χ0v) is 13.4. The summed E-state index contributed by atoms with van der Waals surface area (Å²) in [6, 6.07) is 4.87. The van der Waals surface area contributed by atoms with Gasteiger partial charge in [-0.05, 0) is 31.0 Å². The van der Waals surface area contributed by atoms with Crippen LogP contribution in [0, 0.1) is 5.92 Å². The molecular weight excluding hydrogens is 320 g/mol. The van der Waals surface area contributed by atoms with E-state index in [1.807, 2.05) is 0 Å². The summed E-state index contributed by atoms with van der Waals surface area (Å²) in [5, 5.41) is 3.27. The average molecular weight is 337 g/mol. The number of ether oxygens (including phenoxy) is 1. The van der Waals surface area contributed by atoms with Gasteiger partial charge in [-0.25, -0.2) is 4.79 Å². The van der Waals surface area contributed by atoms with E-state index in [0.717, 1.165) is 12.8 Å². The number of benzene rings is 1. The number of carbonyl (C=O) groups is 3. The maximum atomic E-state index is 12.3. The first-order valence-electron chi connectivity index (χ1n) is 7.48. The van der Waals surface area contributed by atoms with E-state index in [-0.39, 0.29) is 36.7 Å². The maximum absolute atomic E-state index is 12.3. The number of hydrogen-bond donors (Lipinski definition) is 1. The summed E-state index contributed by atoms with van der Waals surface area (Å²) in [6.45, 7) is 0.266. The molecule has 7 heteroatoms. The van der Waals surface area contributed by atoms with Gasteiger partial charge in [-0.15, -0.1) is 0 Å². The molecule has 23 heavy (non-hydrogen) atoms. The van der Waals surface area contributed by atoms with Crippen LogP contribution in [0.2, 0.25) is 5.02 Å². The summed E-state index contributed by atoms with van der Waals surface area (Å²) in [5.41, 5.74) is 0.742. The number of esters is 1. The minimum absolute atomic E-state index is 0.0939. The Morgan fingerprint density at radius 2 is 2.09 bits per heavy atom. The highest BCUT2D eigenvalue weighted by Gasteiger charge is 2.37. The van der Waals surface area contributed by atoms with Crippen molar-refractivity contribution in [3.05, 3.63) is 28.8 Å². The van der Waals surface area contributed by atoms with Gasteiger partial charge in [0.25, 0.3) is 0 Å².